The van der Waals surface area contributed by atoms with Gasteiger partial charge in [-0.2, -0.15) is 8.42 Å². The fourth-order valence-corrected chi connectivity index (χ4v) is 4.43. The van der Waals surface area contributed by atoms with Crippen molar-refractivity contribution in [2.24, 2.45) is 0 Å². The molecule has 0 aliphatic carbocycles. The standard InChI is InChI=1S/C15H18N2O5S3/c18-14-12(24-15(23)17(14)8-9-25(19,20)21)10-11-4-5-13(22-11)16-6-2-1-3-7-16/h4-5,10H,1-3,6-9H2,(H,19,20,21). The molecular formula is C15H18N2O5S3. The van der Waals surface area contributed by atoms with Crippen LogP contribution in [0.1, 0.15) is 25.0 Å². The lowest BCUT2D eigenvalue weighted by atomic mass is 10.1. The summed E-state index contributed by atoms with van der Waals surface area (Å²) in [4.78, 5) is 16.1. The van der Waals surface area contributed by atoms with E-state index >= 15 is 0 Å². The van der Waals surface area contributed by atoms with Crippen LogP contribution in [0.3, 0.4) is 0 Å². The third kappa shape index (κ3) is 4.63. The Kier molecular flexibility index (Phi) is 5.52. The zero-order valence-electron chi connectivity index (χ0n) is 13.4. The van der Waals surface area contributed by atoms with Gasteiger partial charge in [-0.3, -0.25) is 14.2 Å². The smallest absolute Gasteiger partial charge is 0.266 e. The largest absolute Gasteiger partial charge is 0.441 e. The third-order valence-electron chi connectivity index (χ3n) is 4.00. The minimum Gasteiger partial charge on any atom is -0.441 e. The van der Waals surface area contributed by atoms with Crippen molar-refractivity contribution < 1.29 is 22.2 Å². The molecule has 10 heteroatoms. The van der Waals surface area contributed by atoms with Crippen LogP contribution in [0.2, 0.25) is 0 Å². The van der Waals surface area contributed by atoms with Gasteiger partial charge in [-0.05, 0) is 25.3 Å². The zero-order chi connectivity index (χ0) is 18.0. The first kappa shape index (κ1) is 18.4. The number of hydrogen-bond acceptors (Lipinski definition) is 7. The maximum absolute atomic E-state index is 12.4. The first-order valence-electron chi connectivity index (χ1n) is 7.89. The lowest BCUT2D eigenvalue weighted by Gasteiger charge is -2.25. The molecule has 136 valence electrons. The van der Waals surface area contributed by atoms with Crippen molar-refractivity contribution in [3.05, 3.63) is 22.8 Å². The van der Waals surface area contributed by atoms with Gasteiger partial charge in [0.25, 0.3) is 16.0 Å². The minimum atomic E-state index is -4.15. The second-order valence-electron chi connectivity index (χ2n) is 5.84. The van der Waals surface area contributed by atoms with Crippen LogP contribution in [0.4, 0.5) is 5.88 Å². The van der Waals surface area contributed by atoms with Crippen LogP contribution in [-0.2, 0) is 14.9 Å². The Morgan fingerprint density at radius 3 is 2.68 bits per heavy atom. The van der Waals surface area contributed by atoms with E-state index in [1.54, 1.807) is 12.1 Å². The van der Waals surface area contributed by atoms with E-state index in [4.69, 9.17) is 21.2 Å². The van der Waals surface area contributed by atoms with E-state index in [2.05, 4.69) is 4.90 Å². The van der Waals surface area contributed by atoms with Gasteiger partial charge in [0.15, 0.2) is 5.88 Å². The number of anilines is 1. The summed E-state index contributed by atoms with van der Waals surface area (Å²) in [5.41, 5.74) is 0. The Morgan fingerprint density at radius 2 is 2.00 bits per heavy atom. The van der Waals surface area contributed by atoms with E-state index in [9.17, 15) is 13.2 Å². The molecule has 1 N–H and O–H groups in total. The molecule has 0 saturated carbocycles. The highest BCUT2D eigenvalue weighted by Gasteiger charge is 2.32. The summed E-state index contributed by atoms with van der Waals surface area (Å²) in [5, 5.41) is 0. The van der Waals surface area contributed by atoms with Crippen LogP contribution < -0.4 is 4.90 Å². The Bertz CT molecular complexity index is 809. The normalized spacial score (nSPS) is 20.8. The van der Waals surface area contributed by atoms with E-state index in [1.165, 1.54) is 11.3 Å². The molecule has 7 nitrogen and oxygen atoms in total. The van der Waals surface area contributed by atoms with E-state index in [0.29, 0.717) is 10.7 Å². The predicted molar refractivity (Wildman–Crippen MR) is 101 cm³/mol. The SMILES string of the molecule is O=C1C(=Cc2ccc(N3CCCCC3)o2)SC(=S)N1CCS(=O)(=O)O. The van der Waals surface area contributed by atoms with Crippen LogP contribution in [-0.4, -0.2) is 53.5 Å². The molecule has 3 rings (SSSR count). The van der Waals surface area contributed by atoms with Crippen LogP contribution in [0, 0.1) is 0 Å². The number of carbonyl (C=O) groups is 1. The molecule has 2 fully saturated rings. The fourth-order valence-electron chi connectivity index (χ4n) is 2.73. The molecule has 1 aromatic rings. The van der Waals surface area contributed by atoms with Gasteiger partial charge in [0, 0.05) is 31.8 Å². The number of piperidine rings is 1. The average molecular weight is 403 g/mol. The summed E-state index contributed by atoms with van der Waals surface area (Å²) in [7, 11) is -4.15. The van der Waals surface area contributed by atoms with Gasteiger partial charge in [-0.1, -0.05) is 24.0 Å². The fraction of sp³-hybridized carbons (Fsp3) is 0.467. The molecule has 3 heterocycles. The molecule has 2 aliphatic rings. The number of thiocarbonyl (C=S) groups is 1. The lowest BCUT2D eigenvalue weighted by molar-refractivity contribution is -0.121. The summed E-state index contributed by atoms with van der Waals surface area (Å²) < 4.78 is 36.6. The first-order valence-corrected chi connectivity index (χ1v) is 10.7. The number of nitrogens with zero attached hydrogens (tertiary/aromatic N) is 2. The van der Waals surface area contributed by atoms with Crippen molar-refractivity contribution >= 4 is 56.3 Å². The second-order valence-corrected chi connectivity index (χ2v) is 9.09. The number of amides is 1. The van der Waals surface area contributed by atoms with Gasteiger partial charge in [0.2, 0.25) is 0 Å². The van der Waals surface area contributed by atoms with Crippen LogP contribution in [0.15, 0.2) is 21.5 Å². The molecule has 2 saturated heterocycles. The van der Waals surface area contributed by atoms with Crippen LogP contribution in [0.5, 0.6) is 0 Å². The van der Waals surface area contributed by atoms with Gasteiger partial charge >= 0.3 is 0 Å². The topological polar surface area (TPSA) is 91.1 Å². The first-order chi connectivity index (χ1) is 11.8. The average Bonchev–Trinajstić information content (AvgIpc) is 3.12. The van der Waals surface area contributed by atoms with E-state index < -0.39 is 15.9 Å². The summed E-state index contributed by atoms with van der Waals surface area (Å²) in [6.07, 6.45) is 5.13. The number of rotatable bonds is 5. The van der Waals surface area contributed by atoms with Crippen molar-refractivity contribution in [2.75, 3.05) is 30.3 Å². The van der Waals surface area contributed by atoms with Crippen LogP contribution in [0.25, 0.3) is 6.08 Å². The van der Waals surface area contributed by atoms with Gasteiger partial charge in [0.1, 0.15) is 10.1 Å². The molecule has 0 bridgehead atoms. The third-order valence-corrected chi connectivity index (χ3v) is 6.08. The molecule has 0 aromatic carbocycles. The molecule has 0 radical (unpaired) electrons. The van der Waals surface area contributed by atoms with Crippen LogP contribution >= 0.6 is 24.0 Å². The number of hydrogen-bond donors (Lipinski definition) is 1. The molecule has 0 unspecified atom stereocenters. The lowest BCUT2D eigenvalue weighted by Crippen LogP contribution is -2.32. The number of furan rings is 1. The molecule has 1 amide bonds. The summed E-state index contributed by atoms with van der Waals surface area (Å²) >= 11 is 6.21. The summed E-state index contributed by atoms with van der Waals surface area (Å²) in [5.74, 6) is 0.408. The predicted octanol–water partition coefficient (Wildman–Crippen LogP) is 2.36. The van der Waals surface area contributed by atoms with Crippen molar-refractivity contribution in [1.82, 2.24) is 4.90 Å². The molecule has 1 aromatic heterocycles. The Hall–Kier alpha value is -1.36. The molecular weight excluding hydrogens is 384 g/mol. The maximum Gasteiger partial charge on any atom is 0.266 e. The van der Waals surface area contributed by atoms with Gasteiger partial charge in [0.05, 0.1) is 10.7 Å². The Morgan fingerprint density at radius 1 is 1.28 bits per heavy atom. The summed E-state index contributed by atoms with van der Waals surface area (Å²) in [6, 6.07) is 3.69. The maximum atomic E-state index is 12.4. The highest BCUT2D eigenvalue weighted by atomic mass is 32.2. The van der Waals surface area contributed by atoms with Gasteiger partial charge in [-0.25, -0.2) is 0 Å². The number of thioether (sulfide) groups is 1. The minimum absolute atomic E-state index is 0.169. The Labute approximate surface area is 155 Å². The van der Waals surface area contributed by atoms with E-state index in [1.807, 2.05) is 6.07 Å². The van der Waals surface area contributed by atoms with Gasteiger partial charge < -0.3 is 9.32 Å². The number of carbonyl (C=O) groups excluding carboxylic acids is 1. The monoisotopic (exact) mass is 402 g/mol. The van der Waals surface area contributed by atoms with Crippen molar-refractivity contribution in [3.63, 3.8) is 0 Å². The van der Waals surface area contributed by atoms with E-state index in [-0.39, 0.29) is 16.8 Å². The molecule has 0 spiro atoms. The molecule has 25 heavy (non-hydrogen) atoms. The van der Waals surface area contributed by atoms with Gasteiger partial charge in [-0.15, -0.1) is 0 Å². The van der Waals surface area contributed by atoms with Crippen molar-refractivity contribution in [2.45, 2.75) is 19.3 Å². The quantitative estimate of drug-likeness (QED) is 0.456. The van der Waals surface area contributed by atoms with Crippen molar-refractivity contribution in [3.8, 4) is 0 Å². The highest BCUT2D eigenvalue weighted by molar-refractivity contribution is 8.26. The second kappa shape index (κ2) is 7.48. The highest BCUT2D eigenvalue weighted by Crippen LogP contribution is 2.33. The molecule has 0 atom stereocenters. The Balaban J connectivity index is 1.70. The van der Waals surface area contributed by atoms with E-state index in [0.717, 1.165) is 43.6 Å². The molecule has 2 aliphatic heterocycles. The van der Waals surface area contributed by atoms with Crippen molar-refractivity contribution in [1.29, 1.82) is 0 Å². The summed E-state index contributed by atoms with van der Waals surface area (Å²) in [6.45, 7) is 1.76. The zero-order valence-corrected chi connectivity index (χ0v) is 15.8.